The molecular weight excluding hydrogens is 320 g/mol. The van der Waals surface area contributed by atoms with Crippen molar-refractivity contribution in [1.82, 2.24) is 14.9 Å². The molecule has 7 nitrogen and oxygen atoms in total. The fraction of sp³-hybridized carbons (Fsp3) is 0.167. The van der Waals surface area contributed by atoms with Crippen LogP contribution in [0.2, 0.25) is 0 Å². The molecule has 0 aliphatic rings. The molecule has 128 valence electrons. The molecule has 3 aromatic rings. The molecular formula is C18H18N4O3. The zero-order valence-corrected chi connectivity index (χ0v) is 13.9. The Hall–Kier alpha value is -3.35. The lowest BCUT2D eigenvalue weighted by molar-refractivity contribution is 0.0939. The normalized spacial score (nSPS) is 12.1. The van der Waals surface area contributed by atoms with E-state index in [0.717, 1.165) is 11.0 Å². The van der Waals surface area contributed by atoms with Crippen LogP contribution in [-0.4, -0.2) is 26.5 Å². The molecule has 1 unspecified atom stereocenters. The first-order chi connectivity index (χ1) is 11.9. The van der Waals surface area contributed by atoms with Crippen LogP contribution in [0.3, 0.4) is 0 Å². The highest BCUT2D eigenvalue weighted by atomic mass is 16.3. The Labute approximate surface area is 144 Å². The SMILES string of the molecule is CC(NC(=O)c1cnc2c(ccn2C)c1)c1ccc(O)c(C(N)=O)c1. The molecule has 0 saturated heterocycles. The summed E-state index contributed by atoms with van der Waals surface area (Å²) in [5.41, 5.74) is 7.16. The Balaban J connectivity index is 1.81. The van der Waals surface area contributed by atoms with Gasteiger partial charge in [-0.05, 0) is 36.8 Å². The van der Waals surface area contributed by atoms with Gasteiger partial charge in [-0.1, -0.05) is 6.07 Å². The molecule has 1 atom stereocenters. The number of aromatic hydroxyl groups is 1. The van der Waals surface area contributed by atoms with E-state index in [1.54, 1.807) is 19.1 Å². The zero-order valence-electron chi connectivity index (χ0n) is 13.9. The number of phenols is 1. The Bertz CT molecular complexity index is 978. The molecule has 0 bridgehead atoms. The van der Waals surface area contributed by atoms with Crippen molar-refractivity contribution >= 4 is 22.8 Å². The molecule has 0 spiro atoms. The van der Waals surface area contributed by atoms with Crippen LogP contribution in [0.5, 0.6) is 5.75 Å². The van der Waals surface area contributed by atoms with E-state index in [-0.39, 0.29) is 23.3 Å². The molecule has 0 saturated carbocycles. The average Bonchev–Trinajstić information content (AvgIpc) is 2.95. The predicted octanol–water partition coefficient (Wildman–Crippen LogP) is 1.87. The van der Waals surface area contributed by atoms with Gasteiger partial charge in [-0.2, -0.15) is 0 Å². The van der Waals surface area contributed by atoms with Gasteiger partial charge in [-0.25, -0.2) is 4.98 Å². The Kier molecular flexibility index (Phi) is 4.14. The molecule has 2 heterocycles. The van der Waals surface area contributed by atoms with Gasteiger partial charge in [0.05, 0.1) is 17.2 Å². The number of nitrogens with zero attached hydrogens (tertiary/aromatic N) is 2. The van der Waals surface area contributed by atoms with Gasteiger partial charge in [-0.15, -0.1) is 0 Å². The summed E-state index contributed by atoms with van der Waals surface area (Å²) in [5, 5.41) is 13.4. The van der Waals surface area contributed by atoms with Gasteiger partial charge < -0.3 is 20.7 Å². The van der Waals surface area contributed by atoms with Gasteiger partial charge >= 0.3 is 0 Å². The summed E-state index contributed by atoms with van der Waals surface area (Å²) < 4.78 is 1.88. The second kappa shape index (κ2) is 6.27. The number of nitrogens with one attached hydrogen (secondary N) is 1. The molecule has 3 rings (SSSR count). The van der Waals surface area contributed by atoms with Crippen LogP contribution < -0.4 is 11.1 Å². The molecule has 2 aromatic heterocycles. The summed E-state index contributed by atoms with van der Waals surface area (Å²) in [5.74, 6) is -1.19. The van der Waals surface area contributed by atoms with E-state index < -0.39 is 5.91 Å². The van der Waals surface area contributed by atoms with E-state index in [9.17, 15) is 14.7 Å². The third-order valence-electron chi connectivity index (χ3n) is 4.10. The third-order valence-corrected chi connectivity index (χ3v) is 4.10. The first-order valence-electron chi connectivity index (χ1n) is 7.71. The smallest absolute Gasteiger partial charge is 0.253 e. The van der Waals surface area contributed by atoms with Gasteiger partial charge in [0.15, 0.2) is 0 Å². The number of pyridine rings is 1. The first-order valence-corrected chi connectivity index (χ1v) is 7.71. The molecule has 0 aliphatic heterocycles. The summed E-state index contributed by atoms with van der Waals surface area (Å²) in [6.45, 7) is 1.78. The van der Waals surface area contributed by atoms with E-state index in [2.05, 4.69) is 10.3 Å². The number of aryl methyl sites for hydroxylation is 1. The second-order valence-electron chi connectivity index (χ2n) is 5.90. The van der Waals surface area contributed by atoms with Crippen LogP contribution in [0.25, 0.3) is 11.0 Å². The lowest BCUT2D eigenvalue weighted by atomic mass is 10.0. The van der Waals surface area contributed by atoms with Crippen molar-refractivity contribution < 1.29 is 14.7 Å². The summed E-state index contributed by atoms with van der Waals surface area (Å²) in [6, 6.07) is 7.78. The highest BCUT2D eigenvalue weighted by Gasteiger charge is 2.16. The number of aromatic nitrogens is 2. The maximum atomic E-state index is 12.5. The van der Waals surface area contributed by atoms with E-state index in [1.807, 2.05) is 23.9 Å². The highest BCUT2D eigenvalue weighted by Crippen LogP contribution is 2.22. The lowest BCUT2D eigenvalue weighted by Gasteiger charge is -2.15. The number of hydrogen-bond donors (Lipinski definition) is 3. The van der Waals surface area contributed by atoms with Crippen LogP contribution in [0, 0.1) is 0 Å². The van der Waals surface area contributed by atoms with Gasteiger partial charge in [0, 0.05) is 24.8 Å². The van der Waals surface area contributed by atoms with E-state index in [1.165, 1.54) is 18.3 Å². The minimum absolute atomic E-state index is 0.0194. The number of carbonyl (C=O) groups is 2. The largest absolute Gasteiger partial charge is 0.507 e. The minimum Gasteiger partial charge on any atom is -0.507 e. The number of primary amides is 1. The van der Waals surface area contributed by atoms with Crippen molar-refractivity contribution in [2.45, 2.75) is 13.0 Å². The molecule has 4 N–H and O–H groups in total. The summed E-state index contributed by atoms with van der Waals surface area (Å²) in [4.78, 5) is 28.1. The monoisotopic (exact) mass is 338 g/mol. The van der Waals surface area contributed by atoms with Gasteiger partial charge in [-0.3, -0.25) is 9.59 Å². The average molecular weight is 338 g/mol. The molecule has 7 heteroatoms. The highest BCUT2D eigenvalue weighted by molar-refractivity contribution is 5.97. The Morgan fingerprint density at radius 3 is 2.76 bits per heavy atom. The fourth-order valence-corrected chi connectivity index (χ4v) is 2.66. The topological polar surface area (TPSA) is 110 Å². The van der Waals surface area contributed by atoms with Gasteiger partial charge in [0.2, 0.25) is 0 Å². The van der Waals surface area contributed by atoms with Crippen LogP contribution in [0.4, 0.5) is 0 Å². The Morgan fingerprint density at radius 2 is 2.04 bits per heavy atom. The number of hydrogen-bond acceptors (Lipinski definition) is 4. The molecule has 2 amide bonds. The minimum atomic E-state index is -0.725. The van der Waals surface area contributed by atoms with Crippen molar-refractivity contribution in [3.63, 3.8) is 0 Å². The van der Waals surface area contributed by atoms with Crippen molar-refractivity contribution in [3.05, 3.63) is 59.4 Å². The van der Waals surface area contributed by atoms with E-state index >= 15 is 0 Å². The summed E-state index contributed by atoms with van der Waals surface area (Å²) in [6.07, 6.45) is 3.40. The van der Waals surface area contributed by atoms with Crippen molar-refractivity contribution in [3.8, 4) is 5.75 Å². The summed E-state index contributed by atoms with van der Waals surface area (Å²) in [7, 11) is 1.89. The van der Waals surface area contributed by atoms with Crippen molar-refractivity contribution in [2.24, 2.45) is 12.8 Å². The van der Waals surface area contributed by atoms with Crippen LogP contribution >= 0.6 is 0 Å². The van der Waals surface area contributed by atoms with E-state index in [4.69, 9.17) is 5.73 Å². The number of rotatable bonds is 4. The predicted molar refractivity (Wildman–Crippen MR) is 93.2 cm³/mol. The number of nitrogens with two attached hydrogens (primary N) is 1. The molecule has 0 radical (unpaired) electrons. The summed E-state index contributed by atoms with van der Waals surface area (Å²) >= 11 is 0. The molecule has 0 aliphatic carbocycles. The van der Waals surface area contributed by atoms with Crippen LogP contribution in [-0.2, 0) is 7.05 Å². The standard InChI is InChI=1S/C18H18N4O3/c1-10(11-3-4-15(23)14(8-11)16(19)24)21-18(25)13-7-12-5-6-22(2)17(12)20-9-13/h3-10,23H,1-2H3,(H2,19,24)(H,21,25). The Morgan fingerprint density at radius 1 is 1.28 bits per heavy atom. The second-order valence-corrected chi connectivity index (χ2v) is 5.90. The zero-order chi connectivity index (χ0) is 18.1. The van der Waals surface area contributed by atoms with Crippen molar-refractivity contribution in [1.29, 1.82) is 0 Å². The quantitative estimate of drug-likeness (QED) is 0.674. The van der Waals surface area contributed by atoms with E-state index in [0.29, 0.717) is 11.1 Å². The van der Waals surface area contributed by atoms with Crippen molar-refractivity contribution in [2.75, 3.05) is 0 Å². The maximum absolute atomic E-state index is 12.5. The third kappa shape index (κ3) is 3.16. The lowest BCUT2D eigenvalue weighted by Crippen LogP contribution is -2.27. The first kappa shape index (κ1) is 16.5. The number of fused-ring (bicyclic) bond motifs is 1. The fourth-order valence-electron chi connectivity index (χ4n) is 2.66. The number of carbonyl (C=O) groups excluding carboxylic acids is 2. The molecule has 0 fully saturated rings. The number of benzene rings is 1. The maximum Gasteiger partial charge on any atom is 0.253 e. The van der Waals surface area contributed by atoms with Gasteiger partial charge in [0.1, 0.15) is 11.4 Å². The number of amides is 2. The van der Waals surface area contributed by atoms with Gasteiger partial charge in [0.25, 0.3) is 11.8 Å². The molecule has 25 heavy (non-hydrogen) atoms. The molecule has 1 aromatic carbocycles. The van der Waals surface area contributed by atoms with Crippen LogP contribution in [0.15, 0.2) is 42.7 Å². The van der Waals surface area contributed by atoms with Crippen LogP contribution in [0.1, 0.15) is 39.2 Å².